The molecule has 3 heteroatoms. The van der Waals surface area contributed by atoms with Gasteiger partial charge in [-0.25, -0.2) is 0 Å². The van der Waals surface area contributed by atoms with Crippen molar-refractivity contribution in [3.8, 4) is 6.07 Å². The first kappa shape index (κ1) is 11.0. The molecular weight excluding hydrogens is 188 g/mol. The van der Waals surface area contributed by atoms with Crippen LogP contribution in [0.4, 0.5) is 5.69 Å². The predicted molar refractivity (Wildman–Crippen MR) is 59.2 cm³/mol. The largest absolute Gasteiger partial charge is 0.326 e. The fourth-order valence-electron chi connectivity index (χ4n) is 1.12. The average Bonchev–Trinajstić information content (AvgIpc) is 2.26. The summed E-state index contributed by atoms with van der Waals surface area (Å²) in [5.74, 6) is -0.0648. The molecule has 0 saturated carbocycles. The second-order valence-electron chi connectivity index (χ2n) is 3.07. The number of anilines is 1. The molecule has 0 unspecified atom stereocenters. The van der Waals surface area contributed by atoms with Gasteiger partial charge in [-0.2, -0.15) is 5.26 Å². The molecule has 0 heterocycles. The van der Waals surface area contributed by atoms with E-state index in [1.54, 1.807) is 30.3 Å². The van der Waals surface area contributed by atoms with Crippen LogP contribution in [0.1, 0.15) is 18.4 Å². The van der Waals surface area contributed by atoms with E-state index < -0.39 is 0 Å². The Morgan fingerprint density at radius 1 is 1.60 bits per heavy atom. The number of nitrogens with zero attached hydrogens (tertiary/aromatic N) is 1. The van der Waals surface area contributed by atoms with Crippen molar-refractivity contribution in [2.24, 2.45) is 0 Å². The van der Waals surface area contributed by atoms with Gasteiger partial charge in [-0.1, -0.05) is 12.1 Å². The molecule has 0 bridgehead atoms. The topological polar surface area (TPSA) is 52.9 Å². The Bertz CT molecular complexity index is 404. The highest BCUT2D eigenvalue weighted by Gasteiger charge is 2.01. The minimum absolute atomic E-state index is 0.0648. The van der Waals surface area contributed by atoms with Crippen LogP contribution in [0.25, 0.3) is 0 Å². The van der Waals surface area contributed by atoms with Crippen molar-refractivity contribution >= 4 is 11.6 Å². The van der Waals surface area contributed by atoms with Crippen molar-refractivity contribution in [3.63, 3.8) is 0 Å². The van der Waals surface area contributed by atoms with E-state index in [-0.39, 0.29) is 5.91 Å². The number of benzene rings is 1. The molecule has 0 atom stereocenters. The van der Waals surface area contributed by atoms with Crippen LogP contribution >= 0.6 is 0 Å². The van der Waals surface area contributed by atoms with E-state index in [1.165, 1.54) is 0 Å². The summed E-state index contributed by atoms with van der Waals surface area (Å²) in [4.78, 5) is 11.3. The zero-order chi connectivity index (χ0) is 11.1. The Labute approximate surface area is 89.0 Å². The van der Waals surface area contributed by atoms with Gasteiger partial charge in [-0.3, -0.25) is 4.79 Å². The summed E-state index contributed by atoms with van der Waals surface area (Å²) >= 11 is 0. The van der Waals surface area contributed by atoms with Gasteiger partial charge in [0, 0.05) is 12.1 Å². The zero-order valence-corrected chi connectivity index (χ0v) is 8.36. The van der Waals surface area contributed by atoms with E-state index in [9.17, 15) is 4.79 Å². The number of carbonyl (C=O) groups is 1. The minimum Gasteiger partial charge on any atom is -0.326 e. The van der Waals surface area contributed by atoms with E-state index in [4.69, 9.17) is 5.26 Å². The van der Waals surface area contributed by atoms with Gasteiger partial charge in [-0.05, 0) is 24.6 Å². The molecular formula is C12H12N2O. The van der Waals surface area contributed by atoms with Crippen LogP contribution in [-0.4, -0.2) is 5.91 Å². The molecule has 1 aromatic carbocycles. The first-order valence-electron chi connectivity index (χ1n) is 4.67. The SMILES string of the molecule is C=CCCC(=O)Nc1cccc(C#N)c1. The van der Waals surface area contributed by atoms with Crippen molar-refractivity contribution in [1.29, 1.82) is 5.26 Å². The minimum atomic E-state index is -0.0648. The number of amides is 1. The van der Waals surface area contributed by atoms with Crippen molar-refractivity contribution in [1.82, 2.24) is 0 Å². The summed E-state index contributed by atoms with van der Waals surface area (Å²) < 4.78 is 0. The van der Waals surface area contributed by atoms with Gasteiger partial charge in [0.15, 0.2) is 0 Å². The fraction of sp³-hybridized carbons (Fsp3) is 0.167. The summed E-state index contributed by atoms with van der Waals surface area (Å²) in [6.07, 6.45) is 2.77. The van der Waals surface area contributed by atoms with Crippen LogP contribution in [0.2, 0.25) is 0 Å². The molecule has 0 fully saturated rings. The van der Waals surface area contributed by atoms with Gasteiger partial charge >= 0.3 is 0 Å². The quantitative estimate of drug-likeness (QED) is 0.759. The van der Waals surface area contributed by atoms with Crippen molar-refractivity contribution in [3.05, 3.63) is 42.5 Å². The van der Waals surface area contributed by atoms with Gasteiger partial charge in [0.25, 0.3) is 0 Å². The van der Waals surface area contributed by atoms with Gasteiger partial charge in [-0.15, -0.1) is 6.58 Å². The molecule has 0 aliphatic rings. The highest BCUT2D eigenvalue weighted by Crippen LogP contribution is 2.10. The molecule has 1 N–H and O–H groups in total. The second kappa shape index (κ2) is 5.61. The highest BCUT2D eigenvalue weighted by molar-refractivity contribution is 5.90. The highest BCUT2D eigenvalue weighted by atomic mass is 16.1. The van der Waals surface area contributed by atoms with Crippen LogP contribution in [-0.2, 0) is 4.79 Å². The van der Waals surface area contributed by atoms with Gasteiger partial charge in [0.1, 0.15) is 0 Å². The molecule has 76 valence electrons. The summed E-state index contributed by atoms with van der Waals surface area (Å²) in [5.41, 5.74) is 1.19. The van der Waals surface area contributed by atoms with Crippen molar-refractivity contribution in [2.45, 2.75) is 12.8 Å². The number of nitrogens with one attached hydrogen (secondary N) is 1. The lowest BCUT2D eigenvalue weighted by Crippen LogP contribution is -2.10. The second-order valence-corrected chi connectivity index (χ2v) is 3.07. The van der Waals surface area contributed by atoms with E-state index in [0.29, 0.717) is 24.1 Å². The maximum atomic E-state index is 11.3. The summed E-state index contributed by atoms with van der Waals surface area (Å²) in [6, 6.07) is 8.85. The maximum Gasteiger partial charge on any atom is 0.224 e. The predicted octanol–water partition coefficient (Wildman–Crippen LogP) is 2.46. The lowest BCUT2D eigenvalue weighted by atomic mass is 10.2. The van der Waals surface area contributed by atoms with Crippen LogP contribution in [0, 0.1) is 11.3 Å². The number of hydrogen-bond acceptors (Lipinski definition) is 2. The maximum absolute atomic E-state index is 11.3. The molecule has 15 heavy (non-hydrogen) atoms. The Balaban J connectivity index is 2.60. The van der Waals surface area contributed by atoms with Gasteiger partial charge in [0.2, 0.25) is 5.91 Å². The van der Waals surface area contributed by atoms with E-state index in [2.05, 4.69) is 11.9 Å². The molecule has 3 nitrogen and oxygen atoms in total. The van der Waals surface area contributed by atoms with Crippen LogP contribution < -0.4 is 5.32 Å². The number of nitriles is 1. The van der Waals surface area contributed by atoms with Gasteiger partial charge < -0.3 is 5.32 Å². The summed E-state index contributed by atoms with van der Waals surface area (Å²) in [5, 5.41) is 11.4. The van der Waals surface area contributed by atoms with Crippen molar-refractivity contribution in [2.75, 3.05) is 5.32 Å². The average molecular weight is 200 g/mol. The molecule has 0 saturated heterocycles. The standard InChI is InChI=1S/C12H12N2O/c1-2-3-7-12(15)14-11-6-4-5-10(8-11)9-13/h2,4-6,8H,1,3,7H2,(H,14,15). The third-order valence-corrected chi connectivity index (χ3v) is 1.85. The van der Waals surface area contributed by atoms with Gasteiger partial charge in [0.05, 0.1) is 11.6 Å². The molecule has 1 rings (SSSR count). The number of carbonyl (C=O) groups excluding carboxylic acids is 1. The molecule has 0 aromatic heterocycles. The first-order valence-corrected chi connectivity index (χ1v) is 4.67. The zero-order valence-electron chi connectivity index (χ0n) is 8.36. The monoisotopic (exact) mass is 200 g/mol. The van der Waals surface area contributed by atoms with E-state index >= 15 is 0 Å². The number of allylic oxidation sites excluding steroid dienone is 1. The lowest BCUT2D eigenvalue weighted by molar-refractivity contribution is -0.116. The molecule has 0 radical (unpaired) electrons. The Morgan fingerprint density at radius 3 is 3.07 bits per heavy atom. The van der Waals surface area contributed by atoms with E-state index in [0.717, 1.165) is 0 Å². The first-order chi connectivity index (χ1) is 7.26. The smallest absolute Gasteiger partial charge is 0.224 e. The Hall–Kier alpha value is -2.08. The number of hydrogen-bond donors (Lipinski definition) is 1. The molecule has 0 spiro atoms. The Morgan fingerprint density at radius 2 is 2.40 bits per heavy atom. The van der Waals surface area contributed by atoms with Crippen LogP contribution in [0.3, 0.4) is 0 Å². The third-order valence-electron chi connectivity index (χ3n) is 1.85. The van der Waals surface area contributed by atoms with Crippen LogP contribution in [0.5, 0.6) is 0 Å². The van der Waals surface area contributed by atoms with Crippen molar-refractivity contribution < 1.29 is 4.79 Å². The molecule has 1 aromatic rings. The van der Waals surface area contributed by atoms with E-state index in [1.807, 2.05) is 6.07 Å². The molecule has 0 aliphatic heterocycles. The fourth-order valence-corrected chi connectivity index (χ4v) is 1.12. The Kier molecular flexibility index (Phi) is 4.11. The summed E-state index contributed by atoms with van der Waals surface area (Å²) in [7, 11) is 0. The molecule has 1 amide bonds. The number of rotatable bonds is 4. The third kappa shape index (κ3) is 3.65. The van der Waals surface area contributed by atoms with Crippen LogP contribution in [0.15, 0.2) is 36.9 Å². The summed E-state index contributed by atoms with van der Waals surface area (Å²) in [6.45, 7) is 3.54. The normalized spacial score (nSPS) is 9.00. The molecule has 0 aliphatic carbocycles. The lowest BCUT2D eigenvalue weighted by Gasteiger charge is -2.03.